The second kappa shape index (κ2) is 5.08. The third kappa shape index (κ3) is 1.90. The summed E-state index contributed by atoms with van der Waals surface area (Å²) in [5.74, 6) is 0.805. The van der Waals surface area contributed by atoms with Gasteiger partial charge in [-0.2, -0.15) is 0 Å². The van der Waals surface area contributed by atoms with Crippen molar-refractivity contribution >= 4 is 0 Å². The summed E-state index contributed by atoms with van der Waals surface area (Å²) >= 11 is 0. The zero-order valence-corrected chi connectivity index (χ0v) is 11.6. The lowest BCUT2D eigenvalue weighted by molar-refractivity contribution is -0.128. The van der Waals surface area contributed by atoms with Gasteiger partial charge < -0.3 is 15.4 Å². The second-order valence-electron chi connectivity index (χ2n) is 6.19. The van der Waals surface area contributed by atoms with Crippen molar-refractivity contribution in [2.75, 3.05) is 45.9 Å². The summed E-state index contributed by atoms with van der Waals surface area (Å²) in [6.07, 6.45) is 3.85. The molecule has 0 radical (unpaired) electrons. The van der Waals surface area contributed by atoms with Gasteiger partial charge in [0.25, 0.3) is 0 Å². The molecule has 4 saturated heterocycles. The fourth-order valence-corrected chi connectivity index (χ4v) is 4.40. The topological polar surface area (TPSA) is 41.7 Å². The maximum absolute atomic E-state index is 6.26. The molecule has 4 fully saturated rings. The molecule has 4 aliphatic rings. The van der Waals surface area contributed by atoms with Crippen molar-refractivity contribution in [1.29, 1.82) is 0 Å². The van der Waals surface area contributed by atoms with E-state index in [1.807, 2.05) is 0 Å². The van der Waals surface area contributed by atoms with Gasteiger partial charge in [-0.1, -0.05) is 6.92 Å². The average Bonchev–Trinajstić information content (AvgIpc) is 2.48. The third-order valence-corrected chi connectivity index (χ3v) is 5.47. The minimum atomic E-state index is 0.237. The Kier molecular flexibility index (Phi) is 3.63. The second-order valence-corrected chi connectivity index (χ2v) is 6.19. The van der Waals surface area contributed by atoms with Crippen LogP contribution in [0.25, 0.3) is 0 Å². The molecule has 104 valence electrons. The van der Waals surface area contributed by atoms with Gasteiger partial charge in [-0.25, -0.2) is 0 Å². The van der Waals surface area contributed by atoms with Crippen molar-refractivity contribution in [2.24, 2.45) is 11.7 Å². The average molecular weight is 253 g/mol. The van der Waals surface area contributed by atoms with E-state index in [0.717, 1.165) is 32.2 Å². The maximum Gasteiger partial charge on any atom is 0.0622 e. The molecule has 0 aromatic carbocycles. The van der Waals surface area contributed by atoms with Gasteiger partial charge >= 0.3 is 0 Å². The van der Waals surface area contributed by atoms with Crippen LogP contribution in [0.15, 0.2) is 0 Å². The van der Waals surface area contributed by atoms with Crippen molar-refractivity contribution < 1.29 is 4.74 Å². The summed E-state index contributed by atoms with van der Waals surface area (Å²) < 4.78 is 5.67. The van der Waals surface area contributed by atoms with Crippen LogP contribution in [-0.2, 0) is 4.74 Å². The minimum absolute atomic E-state index is 0.237. The van der Waals surface area contributed by atoms with E-state index >= 15 is 0 Å². The Balaban J connectivity index is 1.85. The summed E-state index contributed by atoms with van der Waals surface area (Å²) in [7, 11) is 0. The van der Waals surface area contributed by atoms with E-state index in [-0.39, 0.29) is 5.54 Å². The molecule has 4 nitrogen and oxygen atoms in total. The first kappa shape index (κ1) is 12.9. The maximum atomic E-state index is 6.26. The van der Waals surface area contributed by atoms with Crippen LogP contribution >= 0.6 is 0 Å². The molecule has 4 heterocycles. The van der Waals surface area contributed by atoms with Gasteiger partial charge in [0.2, 0.25) is 0 Å². The molecule has 0 aromatic heterocycles. The van der Waals surface area contributed by atoms with Crippen molar-refractivity contribution in [2.45, 2.75) is 37.8 Å². The zero-order chi connectivity index (χ0) is 12.6. The number of nitrogens with zero attached hydrogens (tertiary/aromatic N) is 2. The standard InChI is InChI=1S/C14H27N3O/c1-2-13-9-18-8-7-17(13)14(10-15)11-16-5-3-12(14)4-6-16/h12-13H,2-11,15H2,1H3. The summed E-state index contributed by atoms with van der Waals surface area (Å²) in [6.45, 7) is 9.68. The van der Waals surface area contributed by atoms with Crippen LogP contribution in [0, 0.1) is 5.92 Å². The van der Waals surface area contributed by atoms with E-state index in [9.17, 15) is 0 Å². The number of nitrogens with two attached hydrogens (primary N) is 1. The number of hydrogen-bond donors (Lipinski definition) is 1. The monoisotopic (exact) mass is 253 g/mol. The Morgan fingerprint density at radius 1 is 1.28 bits per heavy atom. The summed E-state index contributed by atoms with van der Waals surface area (Å²) in [4.78, 5) is 5.33. The van der Waals surface area contributed by atoms with Crippen molar-refractivity contribution in [3.05, 3.63) is 0 Å². The smallest absolute Gasteiger partial charge is 0.0622 e. The van der Waals surface area contributed by atoms with Gasteiger partial charge in [-0.3, -0.25) is 4.90 Å². The number of rotatable bonds is 3. The highest BCUT2D eigenvalue weighted by molar-refractivity contribution is 5.07. The molecular weight excluding hydrogens is 226 g/mol. The predicted octanol–water partition coefficient (Wildman–Crippen LogP) is 0.520. The van der Waals surface area contributed by atoms with Gasteiger partial charge in [-0.15, -0.1) is 0 Å². The molecule has 0 aliphatic carbocycles. The predicted molar refractivity (Wildman–Crippen MR) is 72.6 cm³/mol. The normalized spacial score (nSPS) is 45.3. The first-order valence-electron chi connectivity index (χ1n) is 7.57. The Bertz CT molecular complexity index is 291. The lowest BCUT2D eigenvalue weighted by Crippen LogP contribution is -2.73. The minimum Gasteiger partial charge on any atom is -0.378 e. The van der Waals surface area contributed by atoms with E-state index in [4.69, 9.17) is 10.5 Å². The largest absolute Gasteiger partial charge is 0.378 e. The zero-order valence-electron chi connectivity index (χ0n) is 11.6. The van der Waals surface area contributed by atoms with E-state index in [2.05, 4.69) is 16.7 Å². The van der Waals surface area contributed by atoms with Crippen molar-refractivity contribution in [3.63, 3.8) is 0 Å². The fourth-order valence-electron chi connectivity index (χ4n) is 4.40. The van der Waals surface area contributed by atoms with Crippen LogP contribution in [-0.4, -0.2) is 67.3 Å². The SMILES string of the molecule is CCC1COCCN1C1(CN)CN2CCC1CC2. The third-order valence-electron chi connectivity index (χ3n) is 5.47. The number of hydrogen-bond acceptors (Lipinski definition) is 4. The molecule has 0 spiro atoms. The first-order chi connectivity index (χ1) is 8.80. The molecule has 2 N–H and O–H groups in total. The van der Waals surface area contributed by atoms with Gasteiger partial charge in [0.1, 0.15) is 0 Å². The molecule has 2 unspecified atom stereocenters. The lowest BCUT2D eigenvalue weighted by atomic mass is 9.71. The Labute approximate surface area is 110 Å². The van der Waals surface area contributed by atoms with Gasteiger partial charge in [0.15, 0.2) is 0 Å². The van der Waals surface area contributed by atoms with Crippen LogP contribution in [0.1, 0.15) is 26.2 Å². The van der Waals surface area contributed by atoms with Crippen LogP contribution in [0.4, 0.5) is 0 Å². The van der Waals surface area contributed by atoms with Crippen molar-refractivity contribution in [1.82, 2.24) is 9.80 Å². The van der Waals surface area contributed by atoms with Crippen LogP contribution in [0.2, 0.25) is 0 Å². The van der Waals surface area contributed by atoms with Gasteiger partial charge in [0.05, 0.1) is 13.2 Å². The summed E-state index contributed by atoms with van der Waals surface area (Å²) in [5, 5.41) is 0. The highest BCUT2D eigenvalue weighted by Gasteiger charge is 2.51. The molecule has 4 rings (SSSR count). The fraction of sp³-hybridized carbons (Fsp3) is 1.00. The number of fused-ring (bicyclic) bond motifs is 3. The molecule has 0 aromatic rings. The van der Waals surface area contributed by atoms with Gasteiger partial charge in [-0.05, 0) is 38.3 Å². The van der Waals surface area contributed by atoms with Crippen LogP contribution in [0.5, 0.6) is 0 Å². The Morgan fingerprint density at radius 2 is 2.06 bits per heavy atom. The quantitative estimate of drug-likeness (QED) is 0.796. The van der Waals surface area contributed by atoms with E-state index in [1.165, 1.54) is 38.9 Å². The number of ether oxygens (including phenoxy) is 1. The molecule has 0 amide bonds. The highest BCUT2D eigenvalue weighted by atomic mass is 16.5. The summed E-state index contributed by atoms with van der Waals surface area (Å²) in [5.41, 5.74) is 6.50. The van der Waals surface area contributed by atoms with E-state index in [0.29, 0.717) is 6.04 Å². The van der Waals surface area contributed by atoms with Crippen LogP contribution < -0.4 is 5.73 Å². The summed E-state index contributed by atoms with van der Waals surface area (Å²) in [6, 6.07) is 0.572. The van der Waals surface area contributed by atoms with E-state index in [1.54, 1.807) is 0 Å². The number of morpholine rings is 1. The first-order valence-corrected chi connectivity index (χ1v) is 7.57. The lowest BCUT2D eigenvalue weighted by Gasteiger charge is -2.60. The molecule has 4 aliphatic heterocycles. The molecule has 18 heavy (non-hydrogen) atoms. The molecule has 2 bridgehead atoms. The molecular formula is C14H27N3O. The molecule has 2 atom stereocenters. The molecule has 0 saturated carbocycles. The number of piperidine rings is 3. The highest BCUT2D eigenvalue weighted by Crippen LogP contribution is 2.41. The Morgan fingerprint density at radius 3 is 2.61 bits per heavy atom. The van der Waals surface area contributed by atoms with E-state index < -0.39 is 0 Å². The Hall–Kier alpha value is -0.160. The van der Waals surface area contributed by atoms with Crippen molar-refractivity contribution in [3.8, 4) is 0 Å². The molecule has 4 heteroatoms. The van der Waals surface area contributed by atoms with Crippen LogP contribution in [0.3, 0.4) is 0 Å². The van der Waals surface area contributed by atoms with Gasteiger partial charge in [0, 0.05) is 31.2 Å².